The third-order valence-electron chi connectivity index (χ3n) is 5.03. The van der Waals surface area contributed by atoms with Gasteiger partial charge in [-0.05, 0) is 68.8 Å². The summed E-state index contributed by atoms with van der Waals surface area (Å²) in [7, 11) is 0. The van der Waals surface area contributed by atoms with Crippen molar-refractivity contribution in [2.24, 2.45) is 5.92 Å². The Morgan fingerprint density at radius 2 is 2.04 bits per heavy atom. The fourth-order valence-corrected chi connectivity index (χ4v) is 3.97. The Hall–Kier alpha value is -0.770. The van der Waals surface area contributed by atoms with Crippen LogP contribution in [0.15, 0.2) is 24.3 Å². The van der Waals surface area contributed by atoms with Gasteiger partial charge < -0.3 is 10.2 Å². The van der Waals surface area contributed by atoms with Crippen molar-refractivity contribution >= 4 is 29.9 Å². The number of likely N-dealkylation sites (tertiary alicyclic amines) is 1. The fourth-order valence-electron chi connectivity index (χ4n) is 3.77. The summed E-state index contributed by atoms with van der Waals surface area (Å²) in [5.74, 6) is 1.04. The second-order valence-electron chi connectivity index (χ2n) is 6.53. The third-order valence-corrected chi connectivity index (χ3v) is 5.27. The van der Waals surface area contributed by atoms with Gasteiger partial charge in [0, 0.05) is 18.0 Å². The molecule has 0 aliphatic carbocycles. The standard InChI is InChI=1S/C18H25ClN2O.ClH/c19-16-4-1-3-15(13-16)17-5-2-12-21(17)18(22)7-6-14-8-10-20-11-9-14;/h1,3-4,13-14,17,20H,2,5-12H2;1H. The molecule has 1 N–H and O–H groups in total. The molecule has 1 amide bonds. The maximum Gasteiger partial charge on any atom is 0.223 e. The minimum absolute atomic E-state index is 0. The van der Waals surface area contributed by atoms with Crippen molar-refractivity contribution in [3.8, 4) is 0 Å². The Morgan fingerprint density at radius 3 is 2.78 bits per heavy atom. The summed E-state index contributed by atoms with van der Waals surface area (Å²) in [4.78, 5) is 14.7. The van der Waals surface area contributed by atoms with E-state index in [1.54, 1.807) is 0 Å². The van der Waals surface area contributed by atoms with Crippen LogP contribution in [0, 0.1) is 5.92 Å². The summed E-state index contributed by atoms with van der Waals surface area (Å²) >= 11 is 6.10. The zero-order chi connectivity index (χ0) is 15.4. The van der Waals surface area contributed by atoms with E-state index in [0.29, 0.717) is 12.3 Å². The smallest absolute Gasteiger partial charge is 0.223 e. The molecule has 2 saturated heterocycles. The van der Waals surface area contributed by atoms with Crippen LogP contribution >= 0.6 is 24.0 Å². The van der Waals surface area contributed by atoms with E-state index in [1.807, 2.05) is 18.2 Å². The molecule has 1 aromatic carbocycles. The van der Waals surface area contributed by atoms with E-state index in [9.17, 15) is 4.79 Å². The van der Waals surface area contributed by atoms with Gasteiger partial charge in [-0.3, -0.25) is 4.79 Å². The first-order chi connectivity index (χ1) is 10.7. The summed E-state index contributed by atoms with van der Waals surface area (Å²) in [6, 6.07) is 8.19. The molecule has 0 spiro atoms. The molecule has 0 saturated carbocycles. The predicted molar refractivity (Wildman–Crippen MR) is 97.2 cm³/mol. The van der Waals surface area contributed by atoms with Crippen molar-refractivity contribution in [3.05, 3.63) is 34.9 Å². The molecule has 1 atom stereocenters. The van der Waals surface area contributed by atoms with Gasteiger partial charge in [0.05, 0.1) is 6.04 Å². The van der Waals surface area contributed by atoms with Crippen LogP contribution in [0.2, 0.25) is 5.02 Å². The lowest BCUT2D eigenvalue weighted by atomic mass is 9.93. The third kappa shape index (κ3) is 4.85. The summed E-state index contributed by atoms with van der Waals surface area (Å²) in [6.07, 6.45) is 6.31. The van der Waals surface area contributed by atoms with Gasteiger partial charge in [0.1, 0.15) is 0 Å². The number of carbonyl (C=O) groups is 1. The molecule has 0 bridgehead atoms. The lowest BCUT2D eigenvalue weighted by molar-refractivity contribution is -0.132. The van der Waals surface area contributed by atoms with E-state index in [1.165, 1.54) is 18.4 Å². The van der Waals surface area contributed by atoms with Crippen molar-refractivity contribution in [3.63, 3.8) is 0 Å². The number of halogens is 2. The van der Waals surface area contributed by atoms with Crippen LogP contribution in [0.25, 0.3) is 0 Å². The van der Waals surface area contributed by atoms with E-state index in [2.05, 4.69) is 16.3 Å². The minimum Gasteiger partial charge on any atom is -0.336 e. The number of amides is 1. The van der Waals surface area contributed by atoms with Crippen molar-refractivity contribution in [2.75, 3.05) is 19.6 Å². The first-order valence-electron chi connectivity index (χ1n) is 8.49. The highest BCUT2D eigenvalue weighted by atomic mass is 35.5. The Morgan fingerprint density at radius 1 is 1.26 bits per heavy atom. The first-order valence-corrected chi connectivity index (χ1v) is 8.87. The molecule has 3 rings (SSSR count). The van der Waals surface area contributed by atoms with Crippen LogP contribution < -0.4 is 5.32 Å². The predicted octanol–water partition coefficient (Wildman–Crippen LogP) is 4.21. The Kier molecular flexibility index (Phi) is 7.19. The topological polar surface area (TPSA) is 32.3 Å². The molecule has 2 aliphatic rings. The lowest BCUT2D eigenvalue weighted by Crippen LogP contribution is -2.32. The van der Waals surface area contributed by atoms with Gasteiger partial charge in [0.15, 0.2) is 0 Å². The number of rotatable bonds is 4. The van der Waals surface area contributed by atoms with Crippen molar-refractivity contribution in [1.82, 2.24) is 10.2 Å². The lowest BCUT2D eigenvalue weighted by Gasteiger charge is -2.27. The highest BCUT2D eigenvalue weighted by Crippen LogP contribution is 2.34. The fraction of sp³-hybridized carbons (Fsp3) is 0.611. The molecule has 2 fully saturated rings. The molecular weight excluding hydrogens is 331 g/mol. The summed E-state index contributed by atoms with van der Waals surface area (Å²) in [5, 5.41) is 4.14. The highest BCUT2D eigenvalue weighted by Gasteiger charge is 2.30. The zero-order valence-corrected chi connectivity index (χ0v) is 15.0. The van der Waals surface area contributed by atoms with Gasteiger partial charge in [0.2, 0.25) is 5.91 Å². The molecule has 5 heteroatoms. The van der Waals surface area contributed by atoms with Crippen LogP contribution in [0.3, 0.4) is 0 Å². The van der Waals surface area contributed by atoms with Crippen molar-refractivity contribution < 1.29 is 4.79 Å². The highest BCUT2D eigenvalue weighted by molar-refractivity contribution is 6.30. The van der Waals surface area contributed by atoms with Crippen LogP contribution in [0.1, 0.15) is 50.1 Å². The van der Waals surface area contributed by atoms with Gasteiger partial charge >= 0.3 is 0 Å². The van der Waals surface area contributed by atoms with Gasteiger partial charge in [-0.25, -0.2) is 0 Å². The Bertz CT molecular complexity index is 517. The molecule has 2 aliphatic heterocycles. The summed E-state index contributed by atoms with van der Waals surface area (Å²) in [6.45, 7) is 3.10. The molecule has 1 aromatic rings. The molecule has 23 heavy (non-hydrogen) atoms. The summed E-state index contributed by atoms with van der Waals surface area (Å²) in [5.41, 5.74) is 1.18. The first kappa shape index (κ1) is 18.6. The van der Waals surface area contributed by atoms with Gasteiger partial charge in [-0.15, -0.1) is 12.4 Å². The van der Waals surface area contributed by atoms with Crippen molar-refractivity contribution in [1.29, 1.82) is 0 Å². The van der Waals surface area contributed by atoms with Crippen LogP contribution in [0.4, 0.5) is 0 Å². The van der Waals surface area contributed by atoms with E-state index in [0.717, 1.165) is 49.8 Å². The van der Waals surface area contributed by atoms with Crippen LogP contribution in [0.5, 0.6) is 0 Å². The van der Waals surface area contributed by atoms with Gasteiger partial charge in [-0.2, -0.15) is 0 Å². The number of hydrogen-bond acceptors (Lipinski definition) is 2. The van der Waals surface area contributed by atoms with Crippen molar-refractivity contribution in [2.45, 2.75) is 44.6 Å². The molecule has 0 radical (unpaired) electrons. The molecule has 1 unspecified atom stereocenters. The molecule has 2 heterocycles. The maximum absolute atomic E-state index is 12.6. The second kappa shape index (κ2) is 8.91. The van der Waals surface area contributed by atoms with E-state index >= 15 is 0 Å². The second-order valence-corrected chi connectivity index (χ2v) is 6.97. The summed E-state index contributed by atoms with van der Waals surface area (Å²) < 4.78 is 0. The molecule has 3 nitrogen and oxygen atoms in total. The molecule has 0 aromatic heterocycles. The maximum atomic E-state index is 12.6. The molecule has 128 valence electrons. The van der Waals surface area contributed by atoms with E-state index < -0.39 is 0 Å². The SMILES string of the molecule is Cl.O=C(CCC1CCNCC1)N1CCCC1c1cccc(Cl)c1. The number of nitrogens with zero attached hydrogens (tertiary/aromatic N) is 1. The normalized spacial score (nSPS) is 22.0. The van der Waals surface area contributed by atoms with E-state index in [-0.39, 0.29) is 18.4 Å². The van der Waals surface area contributed by atoms with Gasteiger partial charge in [-0.1, -0.05) is 23.7 Å². The number of nitrogens with one attached hydrogen (secondary N) is 1. The van der Waals surface area contributed by atoms with Crippen LogP contribution in [-0.2, 0) is 4.79 Å². The average molecular weight is 357 g/mol. The number of carbonyl (C=O) groups excluding carboxylic acids is 1. The average Bonchev–Trinajstić information content (AvgIpc) is 3.03. The zero-order valence-electron chi connectivity index (χ0n) is 13.5. The quantitative estimate of drug-likeness (QED) is 0.876. The Labute approximate surface area is 150 Å². The minimum atomic E-state index is 0. The molecular formula is C18H26Cl2N2O. The monoisotopic (exact) mass is 356 g/mol. The Balaban J connectivity index is 0.00000192. The largest absolute Gasteiger partial charge is 0.336 e. The van der Waals surface area contributed by atoms with Crippen LogP contribution in [-0.4, -0.2) is 30.4 Å². The van der Waals surface area contributed by atoms with Gasteiger partial charge in [0.25, 0.3) is 0 Å². The number of benzene rings is 1. The number of hydrogen-bond donors (Lipinski definition) is 1. The van der Waals surface area contributed by atoms with E-state index in [4.69, 9.17) is 11.6 Å². The number of piperidine rings is 1.